The first-order valence-corrected chi connectivity index (χ1v) is 8.56. The molecule has 0 unspecified atom stereocenters. The number of carbonyl (C=O) groups excluding carboxylic acids is 1. The Balaban J connectivity index is 0.00000192. The second-order valence-electron chi connectivity index (χ2n) is 6.38. The minimum absolute atomic E-state index is 0. The van der Waals surface area contributed by atoms with E-state index in [4.69, 9.17) is 4.74 Å². The molecular weight excluding hydrogens is 312 g/mol. The second-order valence-corrected chi connectivity index (χ2v) is 6.38. The number of carbonyl (C=O) groups is 1. The Morgan fingerprint density at radius 2 is 1.74 bits per heavy atom. The summed E-state index contributed by atoms with van der Waals surface area (Å²) in [6, 6.07) is 7.64. The SMILES string of the molecule is Cl.O=C(c1ccc(OCC2CCCCC2)cc1)N1CCNCC1. The summed E-state index contributed by atoms with van der Waals surface area (Å²) in [4.78, 5) is 14.3. The van der Waals surface area contributed by atoms with Crippen molar-refractivity contribution < 1.29 is 9.53 Å². The number of rotatable bonds is 4. The van der Waals surface area contributed by atoms with Crippen LogP contribution in [0.1, 0.15) is 42.5 Å². The minimum Gasteiger partial charge on any atom is -0.493 e. The first-order chi connectivity index (χ1) is 10.8. The van der Waals surface area contributed by atoms with Crippen molar-refractivity contribution in [2.45, 2.75) is 32.1 Å². The van der Waals surface area contributed by atoms with Crippen LogP contribution >= 0.6 is 12.4 Å². The molecule has 5 heteroatoms. The van der Waals surface area contributed by atoms with Crippen LogP contribution in [0.2, 0.25) is 0 Å². The van der Waals surface area contributed by atoms with E-state index in [-0.39, 0.29) is 18.3 Å². The van der Waals surface area contributed by atoms with Crippen LogP contribution in [0.3, 0.4) is 0 Å². The van der Waals surface area contributed by atoms with E-state index in [0.717, 1.165) is 44.1 Å². The topological polar surface area (TPSA) is 41.6 Å². The Kier molecular flexibility index (Phi) is 7.18. The standard InChI is InChI=1S/C18H26N2O2.ClH/c21-18(20-12-10-19-11-13-20)16-6-8-17(9-7-16)22-14-15-4-2-1-3-5-15;/h6-9,15,19H,1-5,10-14H2;1H. The van der Waals surface area contributed by atoms with Crippen molar-refractivity contribution in [2.75, 3.05) is 32.8 Å². The fourth-order valence-electron chi connectivity index (χ4n) is 3.31. The van der Waals surface area contributed by atoms with Crippen LogP contribution in [-0.2, 0) is 0 Å². The molecule has 23 heavy (non-hydrogen) atoms. The van der Waals surface area contributed by atoms with E-state index in [1.165, 1.54) is 32.1 Å². The monoisotopic (exact) mass is 338 g/mol. The van der Waals surface area contributed by atoms with E-state index in [2.05, 4.69) is 5.32 Å². The molecule has 1 saturated heterocycles. The van der Waals surface area contributed by atoms with Gasteiger partial charge >= 0.3 is 0 Å². The van der Waals surface area contributed by atoms with Gasteiger partial charge in [-0.25, -0.2) is 0 Å². The summed E-state index contributed by atoms with van der Waals surface area (Å²) in [5, 5.41) is 3.26. The zero-order valence-corrected chi connectivity index (χ0v) is 14.4. The van der Waals surface area contributed by atoms with E-state index in [9.17, 15) is 4.79 Å². The molecule has 1 heterocycles. The summed E-state index contributed by atoms with van der Waals surface area (Å²) in [6.07, 6.45) is 6.64. The summed E-state index contributed by atoms with van der Waals surface area (Å²) in [7, 11) is 0. The lowest BCUT2D eigenvalue weighted by molar-refractivity contribution is 0.0736. The zero-order valence-electron chi connectivity index (χ0n) is 13.6. The van der Waals surface area contributed by atoms with E-state index in [1.807, 2.05) is 29.2 Å². The number of benzene rings is 1. The van der Waals surface area contributed by atoms with Gasteiger partial charge in [-0.05, 0) is 43.0 Å². The van der Waals surface area contributed by atoms with Gasteiger partial charge < -0.3 is 15.0 Å². The summed E-state index contributed by atoms with van der Waals surface area (Å²) < 4.78 is 5.89. The summed E-state index contributed by atoms with van der Waals surface area (Å²) >= 11 is 0. The minimum atomic E-state index is 0. The molecule has 0 atom stereocenters. The molecule has 128 valence electrons. The van der Waals surface area contributed by atoms with Gasteiger partial charge in [0.25, 0.3) is 5.91 Å². The zero-order chi connectivity index (χ0) is 15.2. The number of piperazine rings is 1. The summed E-state index contributed by atoms with van der Waals surface area (Å²) in [5.41, 5.74) is 0.756. The lowest BCUT2D eigenvalue weighted by Crippen LogP contribution is -2.46. The van der Waals surface area contributed by atoms with Crippen molar-refractivity contribution in [1.82, 2.24) is 10.2 Å². The number of hydrogen-bond donors (Lipinski definition) is 1. The predicted molar refractivity (Wildman–Crippen MR) is 94.5 cm³/mol. The highest BCUT2D eigenvalue weighted by atomic mass is 35.5. The molecule has 0 aromatic heterocycles. The van der Waals surface area contributed by atoms with Crippen molar-refractivity contribution in [3.05, 3.63) is 29.8 Å². The Bertz CT molecular complexity index is 480. The van der Waals surface area contributed by atoms with E-state index < -0.39 is 0 Å². The average molecular weight is 339 g/mol. The number of hydrogen-bond acceptors (Lipinski definition) is 3. The molecule has 4 nitrogen and oxygen atoms in total. The van der Waals surface area contributed by atoms with Crippen molar-refractivity contribution in [2.24, 2.45) is 5.92 Å². The van der Waals surface area contributed by atoms with Crippen LogP contribution in [0, 0.1) is 5.92 Å². The van der Waals surface area contributed by atoms with Crippen LogP contribution in [0.25, 0.3) is 0 Å². The fourth-order valence-corrected chi connectivity index (χ4v) is 3.31. The van der Waals surface area contributed by atoms with Crippen LogP contribution in [0.4, 0.5) is 0 Å². The van der Waals surface area contributed by atoms with E-state index in [0.29, 0.717) is 5.92 Å². The summed E-state index contributed by atoms with van der Waals surface area (Å²) in [5.74, 6) is 1.71. The number of ether oxygens (including phenoxy) is 1. The molecule has 1 aliphatic heterocycles. The van der Waals surface area contributed by atoms with Gasteiger partial charge in [-0.3, -0.25) is 4.79 Å². The highest BCUT2D eigenvalue weighted by Crippen LogP contribution is 2.24. The van der Waals surface area contributed by atoms with Crippen molar-refractivity contribution in [3.63, 3.8) is 0 Å². The Labute approximate surface area is 145 Å². The Hall–Kier alpha value is -1.26. The molecule has 1 saturated carbocycles. The van der Waals surface area contributed by atoms with Crippen molar-refractivity contribution >= 4 is 18.3 Å². The van der Waals surface area contributed by atoms with E-state index in [1.54, 1.807) is 0 Å². The number of amides is 1. The second kappa shape index (κ2) is 9.14. The van der Waals surface area contributed by atoms with Gasteiger partial charge in [0.1, 0.15) is 5.75 Å². The van der Waals surface area contributed by atoms with Gasteiger partial charge in [0.2, 0.25) is 0 Å². The van der Waals surface area contributed by atoms with E-state index >= 15 is 0 Å². The number of nitrogens with zero attached hydrogens (tertiary/aromatic N) is 1. The van der Waals surface area contributed by atoms with Gasteiger partial charge in [-0.1, -0.05) is 19.3 Å². The number of nitrogens with one attached hydrogen (secondary N) is 1. The number of halogens is 1. The molecule has 2 aliphatic rings. The lowest BCUT2D eigenvalue weighted by Gasteiger charge is -2.27. The average Bonchev–Trinajstić information content (AvgIpc) is 2.61. The van der Waals surface area contributed by atoms with Gasteiger partial charge in [-0.15, -0.1) is 12.4 Å². The molecule has 1 aliphatic carbocycles. The molecular formula is C18H27ClN2O2. The third-order valence-electron chi connectivity index (χ3n) is 4.72. The van der Waals surface area contributed by atoms with Gasteiger partial charge in [0.15, 0.2) is 0 Å². The van der Waals surface area contributed by atoms with Crippen molar-refractivity contribution in [1.29, 1.82) is 0 Å². The fraction of sp³-hybridized carbons (Fsp3) is 0.611. The predicted octanol–water partition coefficient (Wildman–Crippen LogP) is 3.11. The molecule has 0 bridgehead atoms. The third-order valence-corrected chi connectivity index (χ3v) is 4.72. The molecule has 1 amide bonds. The Morgan fingerprint density at radius 3 is 2.39 bits per heavy atom. The molecule has 1 aromatic rings. The van der Waals surface area contributed by atoms with Gasteiger partial charge in [0, 0.05) is 31.7 Å². The van der Waals surface area contributed by atoms with Crippen molar-refractivity contribution in [3.8, 4) is 5.75 Å². The largest absolute Gasteiger partial charge is 0.493 e. The highest BCUT2D eigenvalue weighted by molar-refractivity contribution is 5.94. The first-order valence-electron chi connectivity index (χ1n) is 8.56. The highest BCUT2D eigenvalue weighted by Gasteiger charge is 2.18. The molecule has 0 spiro atoms. The molecule has 1 N–H and O–H groups in total. The lowest BCUT2D eigenvalue weighted by atomic mass is 9.90. The smallest absolute Gasteiger partial charge is 0.253 e. The normalized spacial score (nSPS) is 19.0. The van der Waals surface area contributed by atoms with Crippen LogP contribution in [-0.4, -0.2) is 43.6 Å². The molecule has 2 fully saturated rings. The molecule has 3 rings (SSSR count). The van der Waals surface area contributed by atoms with Crippen LogP contribution in [0.5, 0.6) is 5.75 Å². The third kappa shape index (κ3) is 5.11. The van der Waals surface area contributed by atoms with Crippen LogP contribution < -0.4 is 10.1 Å². The van der Waals surface area contributed by atoms with Gasteiger partial charge in [0.05, 0.1) is 6.61 Å². The first kappa shape index (κ1) is 18.1. The van der Waals surface area contributed by atoms with Gasteiger partial charge in [-0.2, -0.15) is 0 Å². The Morgan fingerprint density at radius 1 is 1.09 bits per heavy atom. The molecule has 0 radical (unpaired) electrons. The van der Waals surface area contributed by atoms with Crippen LogP contribution in [0.15, 0.2) is 24.3 Å². The molecule has 1 aromatic carbocycles. The maximum absolute atomic E-state index is 12.4. The summed E-state index contributed by atoms with van der Waals surface area (Å²) in [6.45, 7) is 4.16. The quantitative estimate of drug-likeness (QED) is 0.917. The maximum Gasteiger partial charge on any atom is 0.253 e. The maximum atomic E-state index is 12.4.